The average Bonchev–Trinajstić information content (AvgIpc) is 2.65. The van der Waals surface area contributed by atoms with Crippen LogP contribution in [0.15, 0.2) is 42.5 Å². The monoisotopic (exact) mass is 404 g/mol. The van der Waals surface area contributed by atoms with Crippen molar-refractivity contribution in [2.24, 2.45) is 0 Å². The molecule has 0 aliphatic carbocycles. The lowest BCUT2D eigenvalue weighted by molar-refractivity contribution is -0.118. The van der Waals surface area contributed by atoms with Gasteiger partial charge in [0.05, 0.1) is 6.10 Å². The molecule has 0 unspecified atom stereocenters. The maximum Gasteiger partial charge on any atom is 0.262 e. The molecule has 0 radical (unpaired) electrons. The molecule has 0 bridgehead atoms. The summed E-state index contributed by atoms with van der Waals surface area (Å²) in [6.45, 7) is 8.15. The molecule has 2 rings (SSSR count). The first-order chi connectivity index (χ1) is 13.4. The van der Waals surface area contributed by atoms with Crippen molar-refractivity contribution in [3.8, 4) is 5.75 Å². The number of anilines is 1. The van der Waals surface area contributed by atoms with Gasteiger partial charge in [-0.15, -0.1) is 0 Å². The zero-order chi connectivity index (χ0) is 20.4. The third-order valence-corrected chi connectivity index (χ3v) is 4.22. The fourth-order valence-electron chi connectivity index (χ4n) is 2.54. The van der Waals surface area contributed by atoms with Gasteiger partial charge in [0.1, 0.15) is 5.75 Å². The van der Waals surface area contributed by atoms with Crippen LogP contribution in [-0.4, -0.2) is 31.8 Å². The summed E-state index contributed by atoms with van der Waals surface area (Å²) in [7, 11) is 0. The number of aryl methyl sites for hydroxylation is 1. The van der Waals surface area contributed by atoms with Crippen LogP contribution in [0.3, 0.4) is 0 Å². The fraction of sp³-hybridized carbons (Fsp3) is 0.409. The normalized spacial score (nSPS) is 10.9. The van der Waals surface area contributed by atoms with E-state index in [1.165, 1.54) is 0 Å². The van der Waals surface area contributed by atoms with E-state index in [0.29, 0.717) is 17.3 Å². The van der Waals surface area contributed by atoms with Gasteiger partial charge < -0.3 is 20.1 Å². The summed E-state index contributed by atoms with van der Waals surface area (Å²) >= 11 is 6.11. The first kappa shape index (κ1) is 22.2. The Morgan fingerprint density at radius 2 is 1.89 bits per heavy atom. The summed E-state index contributed by atoms with van der Waals surface area (Å²) in [5.74, 6) is 0.443. The number of ether oxygens (including phenoxy) is 2. The average molecular weight is 405 g/mol. The summed E-state index contributed by atoms with van der Waals surface area (Å²) in [5.41, 5.74) is 2.81. The summed E-state index contributed by atoms with van der Waals surface area (Å²) in [6.07, 6.45) is 1.17. The number of carbonyl (C=O) groups is 1. The van der Waals surface area contributed by atoms with Crippen molar-refractivity contribution in [3.05, 3.63) is 58.6 Å². The third-order valence-electron chi connectivity index (χ3n) is 3.98. The summed E-state index contributed by atoms with van der Waals surface area (Å²) in [5, 5.41) is 6.82. The molecular formula is C22H29ClN2O3. The zero-order valence-electron chi connectivity index (χ0n) is 16.8. The van der Waals surface area contributed by atoms with E-state index >= 15 is 0 Å². The van der Waals surface area contributed by atoms with E-state index in [-0.39, 0.29) is 18.6 Å². The first-order valence-electron chi connectivity index (χ1n) is 9.54. The lowest BCUT2D eigenvalue weighted by Gasteiger charge is -2.13. The van der Waals surface area contributed by atoms with Crippen LogP contribution < -0.4 is 15.4 Å². The Morgan fingerprint density at radius 3 is 2.61 bits per heavy atom. The molecule has 2 aromatic carbocycles. The number of rotatable bonds is 11. The molecule has 152 valence electrons. The van der Waals surface area contributed by atoms with E-state index in [1.54, 1.807) is 12.1 Å². The highest BCUT2D eigenvalue weighted by Gasteiger charge is 2.08. The summed E-state index contributed by atoms with van der Waals surface area (Å²) in [6, 6.07) is 13.0. The van der Waals surface area contributed by atoms with Gasteiger partial charge in [0, 0.05) is 29.4 Å². The summed E-state index contributed by atoms with van der Waals surface area (Å²) in [4.78, 5) is 12.1. The second-order valence-electron chi connectivity index (χ2n) is 6.90. The van der Waals surface area contributed by atoms with E-state index in [4.69, 9.17) is 21.1 Å². The van der Waals surface area contributed by atoms with Gasteiger partial charge in [-0.25, -0.2) is 0 Å². The number of hydrogen-bond donors (Lipinski definition) is 2. The van der Waals surface area contributed by atoms with Gasteiger partial charge in [-0.3, -0.25) is 4.79 Å². The Hall–Kier alpha value is -2.08. The van der Waals surface area contributed by atoms with Gasteiger partial charge in [-0.2, -0.15) is 0 Å². The Bertz CT molecular complexity index is 748. The Labute approximate surface area is 172 Å². The van der Waals surface area contributed by atoms with Gasteiger partial charge in [0.2, 0.25) is 0 Å². The van der Waals surface area contributed by atoms with Gasteiger partial charge in [0.15, 0.2) is 6.61 Å². The SMILES string of the molecule is Cc1ccc(NC(=O)COc2ccc(Cl)cc2CNCCCOC(C)C)cc1. The highest BCUT2D eigenvalue weighted by molar-refractivity contribution is 6.30. The van der Waals surface area contributed by atoms with Crippen molar-refractivity contribution in [3.63, 3.8) is 0 Å². The van der Waals surface area contributed by atoms with Crippen LogP contribution in [0.1, 0.15) is 31.4 Å². The number of hydrogen-bond acceptors (Lipinski definition) is 4. The van der Waals surface area contributed by atoms with Gasteiger partial charge in [0.25, 0.3) is 5.91 Å². The predicted octanol–water partition coefficient (Wildman–Crippen LogP) is 4.57. The number of amides is 1. The highest BCUT2D eigenvalue weighted by Crippen LogP contribution is 2.23. The number of halogens is 1. The molecule has 0 aliphatic rings. The minimum Gasteiger partial charge on any atom is -0.483 e. The van der Waals surface area contributed by atoms with Crippen molar-refractivity contribution in [2.75, 3.05) is 25.1 Å². The maximum absolute atomic E-state index is 12.1. The Balaban J connectivity index is 1.82. The van der Waals surface area contributed by atoms with Crippen LogP contribution in [0.5, 0.6) is 5.75 Å². The standard InChI is InChI=1S/C22H29ClN2O3/c1-16(2)27-12-4-11-24-14-18-13-19(23)7-10-21(18)28-15-22(26)25-20-8-5-17(3)6-9-20/h5-10,13,16,24H,4,11-12,14-15H2,1-3H3,(H,25,26). The second kappa shape index (κ2) is 11.7. The van der Waals surface area contributed by atoms with E-state index in [0.717, 1.165) is 36.4 Å². The van der Waals surface area contributed by atoms with E-state index in [2.05, 4.69) is 10.6 Å². The molecule has 0 saturated heterocycles. The van der Waals surface area contributed by atoms with Crippen LogP contribution in [0, 0.1) is 6.92 Å². The molecule has 1 amide bonds. The van der Waals surface area contributed by atoms with Crippen LogP contribution in [0.25, 0.3) is 0 Å². The van der Waals surface area contributed by atoms with Gasteiger partial charge >= 0.3 is 0 Å². The molecule has 0 fully saturated rings. The number of benzene rings is 2. The molecular weight excluding hydrogens is 376 g/mol. The molecule has 28 heavy (non-hydrogen) atoms. The van der Waals surface area contributed by atoms with Crippen molar-refractivity contribution in [1.29, 1.82) is 0 Å². The Kier molecular flexibility index (Phi) is 9.28. The molecule has 6 heteroatoms. The molecule has 5 nitrogen and oxygen atoms in total. The highest BCUT2D eigenvalue weighted by atomic mass is 35.5. The van der Waals surface area contributed by atoms with E-state index in [1.807, 2.05) is 51.1 Å². The van der Waals surface area contributed by atoms with E-state index < -0.39 is 0 Å². The van der Waals surface area contributed by atoms with Gasteiger partial charge in [-0.05, 0) is 64.1 Å². The summed E-state index contributed by atoms with van der Waals surface area (Å²) < 4.78 is 11.3. The lowest BCUT2D eigenvalue weighted by Crippen LogP contribution is -2.21. The van der Waals surface area contributed by atoms with Crippen molar-refractivity contribution >= 4 is 23.2 Å². The topological polar surface area (TPSA) is 59.6 Å². The molecule has 0 spiro atoms. The predicted molar refractivity (Wildman–Crippen MR) is 114 cm³/mol. The molecule has 2 N–H and O–H groups in total. The minimum absolute atomic E-state index is 0.0647. The number of carbonyl (C=O) groups excluding carboxylic acids is 1. The molecule has 2 aromatic rings. The zero-order valence-corrected chi connectivity index (χ0v) is 17.5. The Morgan fingerprint density at radius 1 is 1.14 bits per heavy atom. The van der Waals surface area contributed by atoms with E-state index in [9.17, 15) is 4.79 Å². The van der Waals surface area contributed by atoms with Crippen molar-refractivity contribution in [2.45, 2.75) is 39.8 Å². The molecule has 0 aromatic heterocycles. The molecule has 0 saturated carbocycles. The maximum atomic E-state index is 12.1. The quantitative estimate of drug-likeness (QED) is 0.538. The number of nitrogens with one attached hydrogen (secondary N) is 2. The third kappa shape index (κ3) is 8.30. The van der Waals surface area contributed by atoms with Crippen molar-refractivity contribution in [1.82, 2.24) is 5.32 Å². The second-order valence-corrected chi connectivity index (χ2v) is 7.34. The van der Waals surface area contributed by atoms with Crippen LogP contribution in [0.4, 0.5) is 5.69 Å². The largest absolute Gasteiger partial charge is 0.483 e. The van der Waals surface area contributed by atoms with Crippen LogP contribution in [0.2, 0.25) is 5.02 Å². The smallest absolute Gasteiger partial charge is 0.262 e. The molecule has 0 atom stereocenters. The van der Waals surface area contributed by atoms with Crippen molar-refractivity contribution < 1.29 is 14.3 Å². The minimum atomic E-state index is -0.205. The van der Waals surface area contributed by atoms with Crippen LogP contribution in [-0.2, 0) is 16.1 Å². The fourth-order valence-corrected chi connectivity index (χ4v) is 2.74. The first-order valence-corrected chi connectivity index (χ1v) is 9.92. The molecule has 0 aliphatic heterocycles. The lowest BCUT2D eigenvalue weighted by atomic mass is 10.2. The van der Waals surface area contributed by atoms with Gasteiger partial charge in [-0.1, -0.05) is 29.3 Å². The van der Waals surface area contributed by atoms with Crippen LogP contribution >= 0.6 is 11.6 Å². The molecule has 0 heterocycles.